The lowest BCUT2D eigenvalue weighted by Crippen LogP contribution is -2.46. The van der Waals surface area contributed by atoms with Crippen LogP contribution in [0.3, 0.4) is 0 Å². The van der Waals surface area contributed by atoms with Gasteiger partial charge in [-0.05, 0) is 49.9 Å². The van der Waals surface area contributed by atoms with Crippen molar-refractivity contribution in [1.29, 1.82) is 0 Å². The summed E-state index contributed by atoms with van der Waals surface area (Å²) in [6.07, 6.45) is 5.33. The minimum Gasteiger partial charge on any atom is -0.351 e. The molecule has 0 aromatic rings. The van der Waals surface area contributed by atoms with Crippen LogP contribution in [0.1, 0.15) is 46.0 Å². The zero-order valence-electron chi connectivity index (χ0n) is 13.3. The summed E-state index contributed by atoms with van der Waals surface area (Å²) in [5, 5.41) is 5.72. The Morgan fingerprint density at radius 1 is 1.23 bits per heavy atom. The van der Waals surface area contributed by atoms with Gasteiger partial charge in [-0.15, -0.1) is 0 Å². The molecule has 0 radical (unpaired) electrons. The number of nitrogens with one attached hydrogen (secondary N) is 2. The Hall–Kier alpha value is -1.59. The molecule has 6 nitrogen and oxygen atoms in total. The third-order valence-electron chi connectivity index (χ3n) is 4.70. The van der Waals surface area contributed by atoms with E-state index < -0.39 is 12.1 Å². The third-order valence-corrected chi connectivity index (χ3v) is 4.70. The Morgan fingerprint density at radius 2 is 1.82 bits per heavy atom. The Bertz CT molecular complexity index is 471. The summed E-state index contributed by atoms with van der Waals surface area (Å²) in [4.78, 5) is 37.4. The maximum Gasteiger partial charge on any atom is 0.325 e. The summed E-state index contributed by atoms with van der Waals surface area (Å²) in [5.74, 6) is 1.04. The normalized spacial score (nSPS) is 25.1. The highest BCUT2D eigenvalue weighted by molar-refractivity contribution is 6.06. The van der Waals surface area contributed by atoms with Crippen molar-refractivity contribution in [1.82, 2.24) is 15.5 Å². The van der Waals surface area contributed by atoms with Crippen LogP contribution in [0.2, 0.25) is 0 Å². The van der Waals surface area contributed by atoms with E-state index >= 15 is 0 Å². The molecule has 0 aromatic heterocycles. The summed E-state index contributed by atoms with van der Waals surface area (Å²) in [6, 6.07) is -0.678. The first-order valence-corrected chi connectivity index (χ1v) is 8.37. The molecule has 1 saturated heterocycles. The highest BCUT2D eigenvalue weighted by Gasteiger charge is 2.43. The summed E-state index contributed by atoms with van der Waals surface area (Å²) in [7, 11) is 0. The number of hydrogen-bond donors (Lipinski definition) is 2. The fraction of sp³-hybridized carbons (Fsp3) is 0.812. The first kappa shape index (κ1) is 15.3. The van der Waals surface area contributed by atoms with Crippen LogP contribution in [0.15, 0.2) is 0 Å². The standard InChI is InChI=1S/C16H25N3O3/c1-9(2)7-12-15(21)19(16(22)17-12)8-13(20)18-14(10-3-4-10)11-5-6-11/h9-12,14H,3-8H2,1-2H3,(H,17,22)(H,18,20). The van der Waals surface area contributed by atoms with Gasteiger partial charge in [0.15, 0.2) is 0 Å². The van der Waals surface area contributed by atoms with Crippen molar-refractivity contribution in [3.05, 3.63) is 0 Å². The predicted octanol–water partition coefficient (Wildman–Crippen LogP) is 1.26. The molecule has 4 amide bonds. The topological polar surface area (TPSA) is 78.5 Å². The average Bonchev–Trinajstić information content (AvgIpc) is 3.33. The van der Waals surface area contributed by atoms with E-state index in [-0.39, 0.29) is 24.4 Å². The summed E-state index contributed by atoms with van der Waals surface area (Å²) in [6.45, 7) is 3.85. The van der Waals surface area contributed by atoms with Crippen LogP contribution in [0.25, 0.3) is 0 Å². The second kappa shape index (κ2) is 5.89. The molecular formula is C16H25N3O3. The van der Waals surface area contributed by atoms with Gasteiger partial charge in [0, 0.05) is 6.04 Å². The van der Waals surface area contributed by atoms with Crippen molar-refractivity contribution in [3.63, 3.8) is 0 Å². The highest BCUT2D eigenvalue weighted by Crippen LogP contribution is 2.44. The molecule has 2 N–H and O–H groups in total. The molecule has 0 aromatic carbocycles. The average molecular weight is 307 g/mol. The van der Waals surface area contributed by atoms with Crippen molar-refractivity contribution >= 4 is 17.8 Å². The van der Waals surface area contributed by atoms with E-state index in [0.29, 0.717) is 24.2 Å². The molecule has 122 valence electrons. The first-order chi connectivity index (χ1) is 10.5. The van der Waals surface area contributed by atoms with Crippen LogP contribution < -0.4 is 10.6 Å². The number of carbonyl (C=O) groups excluding carboxylic acids is 3. The van der Waals surface area contributed by atoms with Crippen LogP contribution >= 0.6 is 0 Å². The second-order valence-corrected chi connectivity index (χ2v) is 7.32. The highest BCUT2D eigenvalue weighted by atomic mass is 16.2. The predicted molar refractivity (Wildman–Crippen MR) is 80.9 cm³/mol. The number of amides is 4. The molecule has 0 spiro atoms. The van der Waals surface area contributed by atoms with Crippen molar-refractivity contribution in [2.75, 3.05) is 6.54 Å². The lowest BCUT2D eigenvalue weighted by atomic mass is 10.0. The van der Waals surface area contributed by atoms with Gasteiger partial charge in [0.1, 0.15) is 12.6 Å². The summed E-state index contributed by atoms with van der Waals surface area (Å²) >= 11 is 0. The van der Waals surface area contributed by atoms with Crippen molar-refractivity contribution in [2.45, 2.75) is 58.0 Å². The minimum atomic E-state index is -0.483. The van der Waals surface area contributed by atoms with Gasteiger partial charge in [-0.25, -0.2) is 4.79 Å². The van der Waals surface area contributed by atoms with E-state index in [4.69, 9.17) is 0 Å². The fourth-order valence-corrected chi connectivity index (χ4v) is 3.26. The van der Waals surface area contributed by atoms with Gasteiger partial charge >= 0.3 is 6.03 Å². The Kier molecular flexibility index (Phi) is 4.10. The monoisotopic (exact) mass is 307 g/mol. The van der Waals surface area contributed by atoms with E-state index in [9.17, 15) is 14.4 Å². The van der Waals surface area contributed by atoms with E-state index in [1.54, 1.807) is 0 Å². The van der Waals surface area contributed by atoms with Gasteiger partial charge < -0.3 is 10.6 Å². The van der Waals surface area contributed by atoms with Crippen LogP contribution in [-0.4, -0.2) is 41.4 Å². The number of rotatable bonds is 7. The maximum atomic E-state index is 12.2. The van der Waals surface area contributed by atoms with Gasteiger partial charge in [0.25, 0.3) is 5.91 Å². The van der Waals surface area contributed by atoms with Crippen LogP contribution in [0.5, 0.6) is 0 Å². The van der Waals surface area contributed by atoms with Crippen molar-refractivity contribution in [2.24, 2.45) is 17.8 Å². The van der Waals surface area contributed by atoms with Gasteiger partial charge in [0.2, 0.25) is 5.91 Å². The molecule has 0 bridgehead atoms. The quantitative estimate of drug-likeness (QED) is 0.695. The van der Waals surface area contributed by atoms with Crippen molar-refractivity contribution < 1.29 is 14.4 Å². The second-order valence-electron chi connectivity index (χ2n) is 7.32. The molecule has 2 saturated carbocycles. The summed E-state index contributed by atoms with van der Waals surface area (Å²) in [5.41, 5.74) is 0. The van der Waals surface area contributed by atoms with Crippen molar-refractivity contribution in [3.8, 4) is 0 Å². The Labute approximate surface area is 131 Å². The number of urea groups is 1. The Balaban J connectivity index is 1.54. The lowest BCUT2D eigenvalue weighted by molar-refractivity contribution is -0.132. The van der Waals surface area contributed by atoms with Gasteiger partial charge in [0.05, 0.1) is 0 Å². The van der Waals surface area contributed by atoms with E-state index in [1.165, 1.54) is 25.7 Å². The summed E-state index contributed by atoms with van der Waals surface area (Å²) < 4.78 is 0. The number of imide groups is 1. The number of nitrogens with zero attached hydrogens (tertiary/aromatic N) is 1. The van der Waals surface area contributed by atoms with Gasteiger partial charge in [-0.1, -0.05) is 13.8 Å². The molecule has 1 aliphatic heterocycles. The van der Waals surface area contributed by atoms with E-state index in [1.807, 2.05) is 13.8 Å². The number of carbonyl (C=O) groups is 3. The first-order valence-electron chi connectivity index (χ1n) is 8.37. The van der Waals surface area contributed by atoms with E-state index in [2.05, 4.69) is 10.6 Å². The Morgan fingerprint density at radius 3 is 2.32 bits per heavy atom. The molecule has 6 heteroatoms. The maximum absolute atomic E-state index is 12.2. The molecule has 3 fully saturated rings. The minimum absolute atomic E-state index is 0.158. The SMILES string of the molecule is CC(C)CC1NC(=O)N(CC(=O)NC(C2CC2)C2CC2)C1=O. The molecule has 3 rings (SSSR count). The molecular weight excluding hydrogens is 282 g/mol. The molecule has 3 aliphatic rings. The molecule has 1 heterocycles. The van der Waals surface area contributed by atoms with Gasteiger partial charge in [-0.2, -0.15) is 0 Å². The van der Waals surface area contributed by atoms with Gasteiger partial charge in [-0.3, -0.25) is 14.5 Å². The smallest absolute Gasteiger partial charge is 0.325 e. The molecule has 22 heavy (non-hydrogen) atoms. The molecule has 2 aliphatic carbocycles. The third kappa shape index (κ3) is 3.42. The largest absolute Gasteiger partial charge is 0.351 e. The lowest BCUT2D eigenvalue weighted by Gasteiger charge is -2.19. The van der Waals surface area contributed by atoms with E-state index in [0.717, 1.165) is 4.90 Å². The molecule has 1 atom stereocenters. The fourth-order valence-electron chi connectivity index (χ4n) is 3.26. The zero-order valence-corrected chi connectivity index (χ0v) is 13.3. The van der Waals surface area contributed by atoms with Crippen LogP contribution in [0.4, 0.5) is 4.79 Å². The molecule has 1 unspecified atom stereocenters. The van der Waals surface area contributed by atoms with Crippen LogP contribution in [0, 0.1) is 17.8 Å². The number of hydrogen-bond acceptors (Lipinski definition) is 3. The van der Waals surface area contributed by atoms with Crippen LogP contribution in [-0.2, 0) is 9.59 Å². The zero-order chi connectivity index (χ0) is 15.9.